The van der Waals surface area contributed by atoms with Gasteiger partial charge in [-0.05, 0) is 72.3 Å². The molecule has 0 unspecified atom stereocenters. The van der Waals surface area contributed by atoms with Gasteiger partial charge in [0.25, 0.3) is 11.6 Å². The van der Waals surface area contributed by atoms with E-state index in [2.05, 4.69) is 27.9 Å². The third-order valence-corrected chi connectivity index (χ3v) is 4.74. The van der Waals surface area contributed by atoms with E-state index in [0.29, 0.717) is 30.3 Å². The van der Waals surface area contributed by atoms with Gasteiger partial charge in [0, 0.05) is 11.1 Å². The summed E-state index contributed by atoms with van der Waals surface area (Å²) in [6, 6.07) is 9.05. The Hall–Kier alpha value is -2.84. The number of anilines is 1. The molecule has 2 aromatic carbocycles. The number of nitrogens with one attached hydrogen (secondary N) is 1. The maximum atomic E-state index is 12.6. The van der Waals surface area contributed by atoms with E-state index in [9.17, 15) is 20.2 Å². The smallest absolute Gasteiger partial charge is 0.294 e. The topological polar surface area (TPSA) is 114 Å². The number of ether oxygens (including phenoxy) is 2. The molecule has 1 amide bonds. The first-order valence-electron chi connectivity index (χ1n) is 8.76. The van der Waals surface area contributed by atoms with Gasteiger partial charge in [0.1, 0.15) is 17.3 Å². The summed E-state index contributed by atoms with van der Waals surface area (Å²) in [6.45, 7) is 4.55. The Balaban J connectivity index is 2.39. The lowest BCUT2D eigenvalue weighted by atomic mass is 10.1. The summed E-state index contributed by atoms with van der Waals surface area (Å²) in [6.07, 6.45) is 1.37. The number of hydrogen-bond donors (Lipinski definition) is 1. The van der Waals surface area contributed by atoms with Crippen molar-refractivity contribution in [3.8, 4) is 17.6 Å². The molecule has 0 aliphatic heterocycles. The van der Waals surface area contributed by atoms with Gasteiger partial charge in [0.15, 0.2) is 11.5 Å². The summed E-state index contributed by atoms with van der Waals surface area (Å²) >= 11 is 7.86. The minimum absolute atomic E-state index is 0.0631. The molecule has 0 aliphatic rings. The summed E-state index contributed by atoms with van der Waals surface area (Å²) < 4.78 is 12.0. The van der Waals surface area contributed by atoms with Gasteiger partial charge in [-0.25, -0.2) is 0 Å². The molecule has 8 nitrogen and oxygen atoms in total. The van der Waals surface area contributed by atoms with Crippen molar-refractivity contribution >= 4 is 57.5 Å². The van der Waals surface area contributed by atoms with E-state index < -0.39 is 10.8 Å². The zero-order valence-electron chi connectivity index (χ0n) is 16.1. The maximum Gasteiger partial charge on any atom is 0.294 e. The van der Waals surface area contributed by atoms with Crippen molar-refractivity contribution in [3.63, 3.8) is 0 Å². The van der Waals surface area contributed by atoms with Crippen LogP contribution in [0.3, 0.4) is 0 Å². The van der Waals surface area contributed by atoms with Gasteiger partial charge in [-0.15, -0.1) is 0 Å². The highest BCUT2D eigenvalue weighted by Gasteiger charge is 2.19. The quantitative estimate of drug-likeness (QED) is 0.162. The first kappa shape index (κ1) is 23.4. The highest BCUT2D eigenvalue weighted by atomic mass is 127. The molecule has 10 heteroatoms. The van der Waals surface area contributed by atoms with Crippen LogP contribution in [0.2, 0.25) is 5.02 Å². The molecule has 0 heterocycles. The number of carbonyl (C=O) groups excluding carboxylic acids is 1. The summed E-state index contributed by atoms with van der Waals surface area (Å²) in [5, 5.41) is 23.2. The number of nitro benzene ring substituents is 1. The Kier molecular flexibility index (Phi) is 8.44. The second kappa shape index (κ2) is 10.8. The van der Waals surface area contributed by atoms with E-state index in [0.717, 1.165) is 9.64 Å². The lowest BCUT2D eigenvalue weighted by Crippen LogP contribution is -2.14. The molecule has 0 bridgehead atoms. The summed E-state index contributed by atoms with van der Waals surface area (Å²) in [5.74, 6) is 0.283. The van der Waals surface area contributed by atoms with Crippen LogP contribution in [0.25, 0.3) is 6.08 Å². The Morgan fingerprint density at radius 1 is 1.30 bits per heavy atom. The number of carbonyl (C=O) groups is 1. The first-order chi connectivity index (χ1) is 14.3. The molecule has 0 aliphatic carbocycles. The largest absolute Gasteiger partial charge is 0.490 e. The fourth-order valence-electron chi connectivity index (χ4n) is 2.49. The molecule has 0 saturated heterocycles. The highest BCUT2D eigenvalue weighted by Crippen LogP contribution is 2.35. The normalized spacial score (nSPS) is 10.8. The number of halogens is 2. The van der Waals surface area contributed by atoms with Crippen LogP contribution in [0.1, 0.15) is 19.4 Å². The molecule has 30 heavy (non-hydrogen) atoms. The monoisotopic (exact) mass is 541 g/mol. The lowest BCUT2D eigenvalue weighted by Gasteiger charge is -2.13. The van der Waals surface area contributed by atoms with Gasteiger partial charge < -0.3 is 14.8 Å². The standard InChI is InChI=1S/C20H17ClIN3O5/c1-3-29-18-9-12(8-15(22)19(18)30-4-2)7-13(11-23)20(26)24-16-6-5-14(21)10-17(16)25(27)28/h5-10H,3-4H2,1-2H3,(H,24,26). The van der Waals surface area contributed by atoms with Gasteiger partial charge in [-0.1, -0.05) is 11.6 Å². The van der Waals surface area contributed by atoms with Crippen LogP contribution in [0, 0.1) is 25.0 Å². The lowest BCUT2D eigenvalue weighted by molar-refractivity contribution is -0.383. The Bertz CT molecular complexity index is 1050. The Labute approximate surface area is 191 Å². The average Bonchev–Trinajstić information content (AvgIpc) is 2.70. The molecule has 0 aromatic heterocycles. The molecule has 0 atom stereocenters. The first-order valence-corrected chi connectivity index (χ1v) is 10.2. The fraction of sp³-hybridized carbons (Fsp3) is 0.200. The Morgan fingerprint density at radius 2 is 2.00 bits per heavy atom. The molecule has 2 rings (SSSR count). The van der Waals surface area contributed by atoms with Crippen molar-refractivity contribution in [2.45, 2.75) is 13.8 Å². The second-order valence-electron chi connectivity index (χ2n) is 5.74. The van der Waals surface area contributed by atoms with Crippen LogP contribution in [0.4, 0.5) is 11.4 Å². The van der Waals surface area contributed by atoms with Crippen LogP contribution >= 0.6 is 34.2 Å². The minimum atomic E-state index is -0.787. The van der Waals surface area contributed by atoms with Crippen LogP contribution < -0.4 is 14.8 Å². The maximum absolute atomic E-state index is 12.6. The average molecular weight is 542 g/mol. The van der Waals surface area contributed by atoms with E-state index in [1.807, 2.05) is 19.9 Å². The van der Waals surface area contributed by atoms with E-state index in [4.69, 9.17) is 21.1 Å². The van der Waals surface area contributed by atoms with Crippen molar-refractivity contribution in [2.24, 2.45) is 0 Å². The van der Waals surface area contributed by atoms with E-state index in [1.54, 1.807) is 12.1 Å². The molecule has 2 aromatic rings. The number of hydrogen-bond acceptors (Lipinski definition) is 6. The molecular weight excluding hydrogens is 525 g/mol. The number of rotatable bonds is 8. The van der Waals surface area contributed by atoms with E-state index in [1.165, 1.54) is 18.2 Å². The van der Waals surface area contributed by atoms with Gasteiger partial charge in [-0.3, -0.25) is 14.9 Å². The molecule has 0 radical (unpaired) electrons. The summed E-state index contributed by atoms with van der Waals surface area (Å²) in [5.41, 5.74) is -0.125. The van der Waals surface area contributed by atoms with Crippen LogP contribution in [-0.4, -0.2) is 24.0 Å². The molecule has 156 valence electrons. The van der Waals surface area contributed by atoms with Crippen molar-refractivity contribution < 1.29 is 19.2 Å². The van der Waals surface area contributed by atoms with Gasteiger partial charge in [-0.2, -0.15) is 5.26 Å². The fourth-order valence-corrected chi connectivity index (χ4v) is 3.43. The number of nitro groups is 1. The third kappa shape index (κ3) is 5.84. The van der Waals surface area contributed by atoms with Crippen molar-refractivity contribution in [2.75, 3.05) is 18.5 Å². The van der Waals surface area contributed by atoms with E-state index in [-0.39, 0.29) is 22.0 Å². The van der Waals surface area contributed by atoms with Crippen molar-refractivity contribution in [1.82, 2.24) is 0 Å². The number of amides is 1. The van der Waals surface area contributed by atoms with Crippen molar-refractivity contribution in [1.29, 1.82) is 5.26 Å². The number of nitriles is 1. The van der Waals surface area contributed by atoms with E-state index >= 15 is 0 Å². The number of benzene rings is 2. The third-order valence-electron chi connectivity index (χ3n) is 3.70. The Morgan fingerprint density at radius 3 is 2.60 bits per heavy atom. The summed E-state index contributed by atoms with van der Waals surface area (Å²) in [7, 11) is 0. The second-order valence-corrected chi connectivity index (χ2v) is 7.34. The molecular formula is C20H17ClIN3O5. The zero-order chi connectivity index (χ0) is 22.3. The van der Waals surface area contributed by atoms with Crippen molar-refractivity contribution in [3.05, 3.63) is 60.2 Å². The van der Waals surface area contributed by atoms with Crippen LogP contribution in [0.15, 0.2) is 35.9 Å². The molecule has 0 saturated carbocycles. The summed E-state index contributed by atoms with van der Waals surface area (Å²) in [4.78, 5) is 23.1. The van der Waals surface area contributed by atoms with Gasteiger partial charge in [0.2, 0.25) is 0 Å². The van der Waals surface area contributed by atoms with Crippen LogP contribution in [-0.2, 0) is 4.79 Å². The molecule has 0 spiro atoms. The molecule has 1 N–H and O–H groups in total. The highest BCUT2D eigenvalue weighted by molar-refractivity contribution is 14.1. The molecule has 0 fully saturated rings. The SMILES string of the molecule is CCOc1cc(C=C(C#N)C(=O)Nc2ccc(Cl)cc2[N+](=O)[O-])cc(I)c1OCC. The predicted octanol–water partition coefficient (Wildman–Crippen LogP) is 5.20. The van der Waals surface area contributed by atoms with Crippen LogP contribution in [0.5, 0.6) is 11.5 Å². The number of nitrogens with zero attached hydrogens (tertiary/aromatic N) is 2. The zero-order valence-corrected chi connectivity index (χ0v) is 19.0. The predicted molar refractivity (Wildman–Crippen MR) is 122 cm³/mol. The minimum Gasteiger partial charge on any atom is -0.490 e. The van der Waals surface area contributed by atoms with Gasteiger partial charge in [0.05, 0.1) is 21.7 Å². The van der Waals surface area contributed by atoms with Gasteiger partial charge >= 0.3 is 0 Å².